The minimum Gasteiger partial charge on any atom is -0.507 e. The van der Waals surface area contributed by atoms with Crippen molar-refractivity contribution in [1.29, 1.82) is 0 Å². The van der Waals surface area contributed by atoms with Gasteiger partial charge in [-0.05, 0) is 0 Å². The van der Waals surface area contributed by atoms with E-state index in [0.29, 0.717) is 0 Å². The summed E-state index contributed by atoms with van der Waals surface area (Å²) in [5.74, 6) is -3.51. The molecule has 0 saturated carbocycles. The monoisotopic (exact) mass is 477 g/mol. The van der Waals surface area contributed by atoms with Crippen molar-refractivity contribution >= 4 is 40.2 Å². The van der Waals surface area contributed by atoms with E-state index in [1.165, 1.54) is 24.3 Å². The molecule has 4 N–H and O–H groups in total. The van der Waals surface area contributed by atoms with E-state index in [0.717, 1.165) is 22.4 Å². The Morgan fingerprint density at radius 1 is 0.806 bits per heavy atom. The molecule has 8 heteroatoms. The van der Waals surface area contributed by atoms with Crippen molar-refractivity contribution in [2.24, 2.45) is 0 Å². The van der Waals surface area contributed by atoms with Crippen molar-refractivity contribution in [3.63, 3.8) is 0 Å². The smallest absolute Gasteiger partial charge is 0.454 e. The SMILES string of the molecule is [2H]N1c2cc(O)c3c(c2[N+]([2H])=C2C=C(O)C4=C(C(=O)c5ccccc5C4=O)C21)C(=O)c1ccccc1C3=O. The quantitative estimate of drug-likeness (QED) is 0.284. The van der Waals surface area contributed by atoms with Gasteiger partial charge in [0.15, 0.2) is 18.8 Å². The third-order valence-electron chi connectivity index (χ3n) is 6.89. The molecule has 1 aliphatic heterocycles. The van der Waals surface area contributed by atoms with Gasteiger partial charge in [-0.3, -0.25) is 19.2 Å². The molecule has 0 aromatic heterocycles. The van der Waals surface area contributed by atoms with Crippen LogP contribution in [0.5, 0.6) is 5.75 Å². The lowest BCUT2D eigenvalue weighted by Crippen LogP contribution is -2.74. The number of Topliss-reactive ketones (excluding diaryl/α,β-unsaturated/α-hetero) is 2. The van der Waals surface area contributed by atoms with Crippen LogP contribution in [0, 0.1) is 0 Å². The highest BCUT2D eigenvalue weighted by Gasteiger charge is 2.47. The number of carbonyl (C=O) groups is 4. The zero-order valence-corrected chi connectivity index (χ0v) is 18.3. The molecule has 172 valence electrons. The van der Waals surface area contributed by atoms with E-state index in [1.807, 2.05) is 0 Å². The summed E-state index contributed by atoms with van der Waals surface area (Å²) in [4.78, 5) is 54.5. The number of aromatic hydroxyl groups is 1. The van der Waals surface area contributed by atoms with Crippen LogP contribution in [0.1, 0.15) is 52.6 Å². The highest BCUT2D eigenvalue weighted by atomic mass is 16.3. The molecule has 3 aromatic carbocycles. The van der Waals surface area contributed by atoms with E-state index in [1.54, 1.807) is 24.3 Å². The number of phenolic OH excluding ortho intramolecular Hbond substituents is 1. The second-order valence-electron chi connectivity index (χ2n) is 8.81. The maximum absolute atomic E-state index is 13.6. The highest BCUT2D eigenvalue weighted by molar-refractivity contribution is 6.34. The summed E-state index contributed by atoms with van der Waals surface area (Å²) in [6.45, 7) is 0. The van der Waals surface area contributed by atoms with E-state index < -0.39 is 40.7 Å². The first-order valence-electron chi connectivity index (χ1n) is 12.0. The maximum Gasteiger partial charge on any atom is 0.454 e. The number of anilines is 1. The van der Waals surface area contributed by atoms with Crippen LogP contribution in [-0.2, 0) is 0 Å². The largest absolute Gasteiger partial charge is 0.507 e. The predicted molar refractivity (Wildman–Crippen MR) is 127 cm³/mol. The Bertz CT molecular complexity index is 1850. The van der Waals surface area contributed by atoms with Gasteiger partial charge in [-0.2, -0.15) is 0 Å². The fraction of sp³-hybridized carbons (Fsp3) is 0.0357. The molecule has 4 aliphatic rings. The molecule has 3 aromatic rings. The molecular formula is C28H15N2O6+. The van der Waals surface area contributed by atoms with Gasteiger partial charge in [-0.15, -0.1) is 0 Å². The van der Waals surface area contributed by atoms with E-state index in [2.05, 4.69) is 0 Å². The summed E-state index contributed by atoms with van der Waals surface area (Å²) in [6, 6.07) is 12.0. The van der Waals surface area contributed by atoms with Gasteiger partial charge in [0.05, 0.1) is 17.2 Å². The average Bonchev–Trinajstić information content (AvgIpc) is 2.92. The lowest BCUT2D eigenvalue weighted by atomic mass is 9.75. The fourth-order valence-corrected chi connectivity index (χ4v) is 5.30. The molecule has 3 aliphatic carbocycles. The Hall–Kier alpha value is -5.11. The zero-order chi connectivity index (χ0) is 26.6. The fourth-order valence-electron chi connectivity index (χ4n) is 5.30. The molecule has 0 saturated heterocycles. The molecular weight excluding hydrogens is 460 g/mol. The third-order valence-corrected chi connectivity index (χ3v) is 6.89. The highest BCUT2D eigenvalue weighted by Crippen LogP contribution is 2.42. The summed E-state index contributed by atoms with van der Waals surface area (Å²) in [6.07, 6.45) is 1.11. The Balaban J connectivity index is 1.51. The summed E-state index contributed by atoms with van der Waals surface area (Å²) < 4.78 is 17.9. The molecule has 1 heterocycles. The van der Waals surface area contributed by atoms with Crippen molar-refractivity contribution in [2.75, 3.05) is 5.31 Å². The molecule has 7 rings (SSSR count). The normalized spacial score (nSPS) is 20.5. The molecule has 1 atom stereocenters. The number of hydrogen-bond acceptors (Lipinski definition) is 7. The van der Waals surface area contributed by atoms with Crippen LogP contribution in [0.25, 0.3) is 0 Å². The first-order valence-corrected chi connectivity index (χ1v) is 11.1. The molecule has 8 nitrogen and oxygen atoms in total. The number of benzene rings is 3. The van der Waals surface area contributed by atoms with Crippen molar-refractivity contribution in [2.45, 2.75) is 6.04 Å². The van der Waals surface area contributed by atoms with E-state index in [4.69, 9.17) is 2.82 Å². The Labute approximate surface area is 205 Å². The van der Waals surface area contributed by atoms with Crippen molar-refractivity contribution in [3.05, 3.63) is 111 Å². The van der Waals surface area contributed by atoms with Gasteiger partial charge < -0.3 is 15.5 Å². The van der Waals surface area contributed by atoms with Crippen molar-refractivity contribution in [3.8, 4) is 5.75 Å². The van der Waals surface area contributed by atoms with Crippen LogP contribution >= 0.6 is 0 Å². The number of carbonyl (C=O) groups excluding carboxylic acids is 4. The number of aliphatic hydroxyl groups excluding tert-OH is 1. The Kier molecular flexibility index (Phi) is 3.41. The van der Waals surface area contributed by atoms with Crippen molar-refractivity contribution in [1.82, 2.24) is 0 Å². The van der Waals surface area contributed by atoms with Crippen molar-refractivity contribution < 1.29 is 37.2 Å². The molecule has 1 unspecified atom stereocenters. The molecule has 0 spiro atoms. The number of nitrogens with one attached hydrogen (secondary N) is 2. The minimum atomic E-state index is -1.31. The molecule has 0 amide bonds. The number of fused-ring (bicyclic) bond motifs is 7. The van der Waals surface area contributed by atoms with E-state index in [-0.39, 0.29) is 61.6 Å². The predicted octanol–water partition coefficient (Wildman–Crippen LogP) is 1.95. The van der Waals surface area contributed by atoms with Gasteiger partial charge in [-0.25, -0.2) is 4.99 Å². The molecule has 36 heavy (non-hydrogen) atoms. The van der Waals surface area contributed by atoms with Gasteiger partial charge in [0.25, 0.3) is 0 Å². The first kappa shape index (κ1) is 18.2. The van der Waals surface area contributed by atoms with Crippen LogP contribution < -0.4 is 10.3 Å². The average molecular weight is 477 g/mol. The maximum atomic E-state index is 13.6. The second kappa shape index (κ2) is 6.73. The number of rotatable bonds is 0. The molecule has 0 radical (unpaired) electrons. The standard InChI is InChI=1S/C28H14N2O6/c31-17-9-15-23(21-19(17)25(33)11-5-1-3-7-13(11)27(21)35)29-16-10-18(32)20-22(24(16)30-15)28(36)14-8-4-2-6-12(14)26(20)34/h1-10,23,29,31-32H/p+1/i/hD2. The van der Waals surface area contributed by atoms with Gasteiger partial charge in [0, 0.05) is 33.9 Å². The number of allylic oxidation sites excluding steroid dienone is 1. The summed E-state index contributed by atoms with van der Waals surface area (Å²) in [5.41, 5.74) is -0.938. The Morgan fingerprint density at radius 2 is 1.36 bits per heavy atom. The van der Waals surface area contributed by atoms with Gasteiger partial charge in [-0.1, -0.05) is 48.5 Å². The van der Waals surface area contributed by atoms with Gasteiger partial charge >= 0.3 is 1.41 Å². The number of hydrogen-bond donors (Lipinski definition) is 4. The summed E-state index contributed by atoms with van der Waals surface area (Å²) >= 11 is 0. The van der Waals surface area contributed by atoms with Gasteiger partial charge in [0.1, 0.15) is 28.8 Å². The summed E-state index contributed by atoms with van der Waals surface area (Å²) in [7, 11) is 0. The van der Waals surface area contributed by atoms with E-state index >= 15 is 0 Å². The molecule has 0 bridgehead atoms. The van der Waals surface area contributed by atoms with Crippen LogP contribution in [0.3, 0.4) is 0 Å². The van der Waals surface area contributed by atoms with Crippen LogP contribution in [-0.4, -0.2) is 45.1 Å². The van der Waals surface area contributed by atoms with Gasteiger partial charge in [0.2, 0.25) is 17.2 Å². The summed E-state index contributed by atoms with van der Waals surface area (Å²) in [5, 5.41) is 22.6. The zero-order valence-electron chi connectivity index (χ0n) is 20.3. The number of aliphatic hydroxyl groups is 1. The van der Waals surface area contributed by atoms with Crippen LogP contribution in [0.2, 0.25) is 2.82 Å². The lowest BCUT2D eigenvalue weighted by molar-refractivity contribution is -0.355. The first-order chi connectivity index (χ1) is 18.2. The molecule has 0 fully saturated rings. The number of phenols is 1. The minimum absolute atomic E-state index is 0.0729. The second-order valence-corrected chi connectivity index (χ2v) is 8.81. The Morgan fingerprint density at radius 3 is 2.00 bits per heavy atom. The van der Waals surface area contributed by atoms with E-state index in [9.17, 15) is 29.4 Å². The topological polar surface area (TPSA) is 135 Å². The van der Waals surface area contributed by atoms with Crippen LogP contribution in [0.4, 0.5) is 11.4 Å². The lowest BCUT2D eigenvalue weighted by Gasteiger charge is -2.31. The number of ketones is 4. The third kappa shape index (κ3) is 2.39. The van der Waals surface area contributed by atoms with Crippen LogP contribution in [0.15, 0.2) is 77.6 Å².